The third-order valence-corrected chi connectivity index (χ3v) is 4.96. The Balaban J connectivity index is 1.93. The molecule has 0 amide bonds. The van der Waals surface area contributed by atoms with Crippen molar-refractivity contribution in [2.24, 2.45) is 0 Å². The number of benzene rings is 1. The highest BCUT2D eigenvalue weighted by Gasteiger charge is 2.13. The van der Waals surface area contributed by atoms with Gasteiger partial charge in [-0.05, 0) is 42.7 Å². The predicted octanol–water partition coefficient (Wildman–Crippen LogP) is 5.94. The average molecular weight is 378 g/mol. The van der Waals surface area contributed by atoms with Gasteiger partial charge in [0.25, 0.3) is 5.56 Å². The summed E-state index contributed by atoms with van der Waals surface area (Å²) in [6, 6.07) is 15.5. The summed E-state index contributed by atoms with van der Waals surface area (Å²) in [5.41, 5.74) is 1.77. The molecule has 2 aromatic heterocycles. The molecule has 28 heavy (non-hydrogen) atoms. The van der Waals surface area contributed by atoms with Gasteiger partial charge in [0.1, 0.15) is 11.6 Å². The standard InChI is InChI=1S/C24H27FN2O/c1-2-3-4-5-6-7-12-20-17-19(21-13-8-9-14-22(21)25)18-24(28)27(20)23-15-10-11-16-26-23/h8-11,13-18H,2-7,12H2,1H3. The van der Waals surface area contributed by atoms with Crippen LogP contribution < -0.4 is 5.56 Å². The predicted molar refractivity (Wildman–Crippen MR) is 112 cm³/mol. The summed E-state index contributed by atoms with van der Waals surface area (Å²) >= 11 is 0. The third-order valence-electron chi connectivity index (χ3n) is 4.96. The highest BCUT2D eigenvalue weighted by atomic mass is 19.1. The van der Waals surface area contributed by atoms with Crippen molar-refractivity contribution in [1.29, 1.82) is 0 Å². The van der Waals surface area contributed by atoms with Crippen LogP contribution in [-0.4, -0.2) is 9.55 Å². The monoisotopic (exact) mass is 378 g/mol. The Bertz CT molecular complexity index is 950. The van der Waals surface area contributed by atoms with Crippen LogP contribution in [0, 0.1) is 5.82 Å². The molecule has 1 aromatic carbocycles. The van der Waals surface area contributed by atoms with Crippen molar-refractivity contribution in [3.8, 4) is 16.9 Å². The first-order valence-corrected chi connectivity index (χ1v) is 10.1. The number of pyridine rings is 2. The largest absolute Gasteiger partial charge is 0.269 e. The molecule has 0 radical (unpaired) electrons. The first-order valence-electron chi connectivity index (χ1n) is 10.1. The van der Waals surface area contributed by atoms with E-state index in [1.807, 2.05) is 24.3 Å². The van der Waals surface area contributed by atoms with Crippen LogP contribution in [0.2, 0.25) is 0 Å². The van der Waals surface area contributed by atoms with Crippen molar-refractivity contribution in [2.75, 3.05) is 0 Å². The van der Waals surface area contributed by atoms with E-state index in [1.165, 1.54) is 37.8 Å². The zero-order valence-corrected chi connectivity index (χ0v) is 16.4. The normalized spacial score (nSPS) is 10.9. The van der Waals surface area contributed by atoms with Crippen LogP contribution in [0.5, 0.6) is 0 Å². The summed E-state index contributed by atoms with van der Waals surface area (Å²) in [5, 5.41) is 0. The maximum Gasteiger partial charge on any atom is 0.257 e. The summed E-state index contributed by atoms with van der Waals surface area (Å²) in [5.74, 6) is 0.288. The Morgan fingerprint density at radius 1 is 0.929 bits per heavy atom. The molecule has 0 N–H and O–H groups in total. The summed E-state index contributed by atoms with van der Waals surface area (Å²) in [7, 11) is 0. The summed E-state index contributed by atoms with van der Waals surface area (Å²) < 4.78 is 15.9. The van der Waals surface area contributed by atoms with Gasteiger partial charge in [0.05, 0.1) is 0 Å². The lowest BCUT2D eigenvalue weighted by Crippen LogP contribution is -2.22. The van der Waals surface area contributed by atoms with Gasteiger partial charge in [-0.15, -0.1) is 0 Å². The number of rotatable bonds is 9. The molecular formula is C24H27FN2O. The van der Waals surface area contributed by atoms with Gasteiger partial charge in [-0.3, -0.25) is 9.36 Å². The van der Waals surface area contributed by atoms with E-state index in [4.69, 9.17) is 0 Å². The van der Waals surface area contributed by atoms with Crippen molar-refractivity contribution in [3.05, 3.63) is 82.7 Å². The lowest BCUT2D eigenvalue weighted by Gasteiger charge is -2.14. The molecule has 0 saturated heterocycles. The Labute approximate surface area is 165 Å². The number of unbranched alkanes of at least 4 members (excludes halogenated alkanes) is 5. The summed E-state index contributed by atoms with van der Waals surface area (Å²) in [4.78, 5) is 17.3. The fourth-order valence-electron chi connectivity index (χ4n) is 3.49. The van der Waals surface area contributed by atoms with Gasteiger partial charge in [0.2, 0.25) is 0 Å². The van der Waals surface area contributed by atoms with Gasteiger partial charge in [-0.1, -0.05) is 63.3 Å². The molecule has 3 nitrogen and oxygen atoms in total. The van der Waals surface area contributed by atoms with Gasteiger partial charge in [-0.2, -0.15) is 0 Å². The Morgan fingerprint density at radius 2 is 1.68 bits per heavy atom. The second-order valence-electron chi connectivity index (χ2n) is 7.09. The Kier molecular flexibility index (Phi) is 7.12. The Morgan fingerprint density at radius 3 is 2.43 bits per heavy atom. The fourth-order valence-corrected chi connectivity index (χ4v) is 3.49. The van der Waals surface area contributed by atoms with E-state index in [0.717, 1.165) is 25.0 Å². The van der Waals surface area contributed by atoms with Gasteiger partial charge >= 0.3 is 0 Å². The van der Waals surface area contributed by atoms with Crippen LogP contribution in [0.25, 0.3) is 16.9 Å². The molecule has 0 fully saturated rings. The van der Waals surface area contributed by atoms with E-state index in [-0.39, 0.29) is 11.4 Å². The van der Waals surface area contributed by atoms with Crippen LogP contribution in [0.1, 0.15) is 51.1 Å². The van der Waals surface area contributed by atoms with Crippen molar-refractivity contribution >= 4 is 0 Å². The zero-order valence-electron chi connectivity index (χ0n) is 16.4. The molecule has 146 valence electrons. The highest BCUT2D eigenvalue weighted by molar-refractivity contribution is 5.64. The topological polar surface area (TPSA) is 34.9 Å². The van der Waals surface area contributed by atoms with Gasteiger partial charge in [0.15, 0.2) is 0 Å². The summed E-state index contributed by atoms with van der Waals surface area (Å²) in [6.45, 7) is 2.21. The summed E-state index contributed by atoms with van der Waals surface area (Å²) in [6.07, 6.45) is 9.51. The van der Waals surface area contributed by atoms with Crippen molar-refractivity contribution < 1.29 is 4.39 Å². The van der Waals surface area contributed by atoms with E-state index in [2.05, 4.69) is 11.9 Å². The maximum atomic E-state index is 14.3. The van der Waals surface area contributed by atoms with E-state index < -0.39 is 0 Å². The van der Waals surface area contributed by atoms with Crippen molar-refractivity contribution in [3.63, 3.8) is 0 Å². The SMILES string of the molecule is CCCCCCCCc1cc(-c2ccccc2F)cc(=O)n1-c1ccccn1. The first-order chi connectivity index (χ1) is 13.7. The van der Waals surface area contributed by atoms with Crippen molar-refractivity contribution in [2.45, 2.75) is 51.9 Å². The Hall–Kier alpha value is -2.75. The van der Waals surface area contributed by atoms with Gasteiger partial charge in [-0.25, -0.2) is 9.37 Å². The second-order valence-corrected chi connectivity index (χ2v) is 7.09. The molecular weight excluding hydrogens is 351 g/mol. The number of aromatic nitrogens is 2. The molecule has 0 spiro atoms. The molecule has 0 aliphatic heterocycles. The molecule has 3 rings (SSSR count). The maximum absolute atomic E-state index is 14.3. The molecule has 0 bridgehead atoms. The second kappa shape index (κ2) is 9.98. The minimum Gasteiger partial charge on any atom is -0.269 e. The molecule has 0 saturated carbocycles. The number of hydrogen-bond acceptors (Lipinski definition) is 2. The van der Waals surface area contributed by atoms with E-state index in [9.17, 15) is 9.18 Å². The molecule has 0 aliphatic rings. The van der Waals surface area contributed by atoms with Gasteiger partial charge in [0, 0.05) is 23.5 Å². The highest BCUT2D eigenvalue weighted by Crippen LogP contribution is 2.24. The molecule has 0 atom stereocenters. The van der Waals surface area contributed by atoms with E-state index in [1.54, 1.807) is 29.0 Å². The zero-order chi connectivity index (χ0) is 19.8. The van der Waals surface area contributed by atoms with Crippen LogP contribution in [0.15, 0.2) is 65.6 Å². The van der Waals surface area contributed by atoms with Crippen molar-refractivity contribution in [1.82, 2.24) is 9.55 Å². The minimum absolute atomic E-state index is 0.180. The van der Waals surface area contributed by atoms with E-state index in [0.29, 0.717) is 16.9 Å². The third kappa shape index (κ3) is 4.94. The molecule has 2 heterocycles. The van der Waals surface area contributed by atoms with Crippen LogP contribution in [0.3, 0.4) is 0 Å². The van der Waals surface area contributed by atoms with E-state index >= 15 is 0 Å². The van der Waals surface area contributed by atoms with Crippen LogP contribution in [0.4, 0.5) is 4.39 Å². The minimum atomic E-state index is -0.317. The smallest absolute Gasteiger partial charge is 0.257 e. The molecule has 4 heteroatoms. The number of aryl methyl sites for hydroxylation is 1. The molecule has 3 aromatic rings. The average Bonchev–Trinajstić information content (AvgIpc) is 2.71. The number of hydrogen-bond donors (Lipinski definition) is 0. The first kappa shape index (κ1) is 20.0. The van der Waals surface area contributed by atoms with Crippen LogP contribution >= 0.6 is 0 Å². The quantitative estimate of drug-likeness (QED) is 0.432. The fraction of sp³-hybridized carbons (Fsp3) is 0.333. The van der Waals surface area contributed by atoms with Crippen LogP contribution in [-0.2, 0) is 6.42 Å². The lowest BCUT2D eigenvalue weighted by molar-refractivity contribution is 0.600. The number of nitrogens with zero attached hydrogens (tertiary/aromatic N) is 2. The number of halogens is 1. The lowest BCUT2D eigenvalue weighted by atomic mass is 10.0. The molecule has 0 unspecified atom stereocenters. The van der Waals surface area contributed by atoms with Gasteiger partial charge < -0.3 is 0 Å². The molecule has 0 aliphatic carbocycles.